The molecule has 8 nitrogen and oxygen atoms in total. The van der Waals surface area contributed by atoms with Crippen LogP contribution in [-0.2, 0) is 14.8 Å². The third-order valence-corrected chi connectivity index (χ3v) is 7.47. The van der Waals surface area contributed by atoms with E-state index in [2.05, 4.69) is 10.6 Å². The molecular formula is C23H28ClN3O5S. The van der Waals surface area contributed by atoms with Gasteiger partial charge in [0.1, 0.15) is 10.6 Å². The van der Waals surface area contributed by atoms with Crippen LogP contribution in [0.2, 0.25) is 5.02 Å². The van der Waals surface area contributed by atoms with Crippen LogP contribution in [0.1, 0.15) is 43.0 Å². The molecule has 0 aromatic heterocycles. The number of rotatable bonds is 9. The van der Waals surface area contributed by atoms with Crippen molar-refractivity contribution in [1.82, 2.24) is 9.62 Å². The summed E-state index contributed by atoms with van der Waals surface area (Å²) >= 11 is 6.01. The van der Waals surface area contributed by atoms with Crippen LogP contribution in [0.4, 0.5) is 5.69 Å². The van der Waals surface area contributed by atoms with E-state index in [4.69, 9.17) is 16.3 Å². The molecule has 1 fully saturated rings. The predicted molar refractivity (Wildman–Crippen MR) is 127 cm³/mol. The lowest BCUT2D eigenvalue weighted by Crippen LogP contribution is -2.35. The van der Waals surface area contributed by atoms with Gasteiger partial charge in [0, 0.05) is 31.7 Å². The normalized spacial score (nSPS) is 14.5. The summed E-state index contributed by atoms with van der Waals surface area (Å²) in [5.74, 6) is -0.475. The average molecular weight is 494 g/mol. The lowest BCUT2D eigenvalue weighted by atomic mass is 10.2. The minimum Gasteiger partial charge on any atom is -0.492 e. The molecule has 1 aliphatic heterocycles. The SMILES string of the molecule is CCOc1ccc(NC(=O)CCNC(=O)c2ccccc2Cl)cc1S(=O)(=O)N1CCCCC1. The summed E-state index contributed by atoms with van der Waals surface area (Å²) in [6.45, 7) is 3.14. The molecule has 0 bridgehead atoms. The maximum Gasteiger partial charge on any atom is 0.252 e. The van der Waals surface area contributed by atoms with Crippen molar-refractivity contribution in [3.05, 3.63) is 53.1 Å². The van der Waals surface area contributed by atoms with Gasteiger partial charge in [0.15, 0.2) is 0 Å². The second-order valence-corrected chi connectivity index (χ2v) is 9.91. The van der Waals surface area contributed by atoms with Gasteiger partial charge in [-0.25, -0.2) is 8.42 Å². The van der Waals surface area contributed by atoms with Gasteiger partial charge >= 0.3 is 0 Å². The maximum absolute atomic E-state index is 13.2. The summed E-state index contributed by atoms with van der Waals surface area (Å²) in [5.41, 5.74) is 0.676. The summed E-state index contributed by atoms with van der Waals surface area (Å²) in [6, 6.07) is 11.2. The first-order valence-electron chi connectivity index (χ1n) is 10.9. The van der Waals surface area contributed by atoms with Crippen molar-refractivity contribution < 1.29 is 22.7 Å². The molecular weight excluding hydrogens is 466 g/mol. The minimum atomic E-state index is -3.75. The van der Waals surface area contributed by atoms with Crippen LogP contribution in [-0.4, -0.2) is 50.8 Å². The topological polar surface area (TPSA) is 105 Å². The second-order valence-electron chi connectivity index (χ2n) is 7.59. The van der Waals surface area contributed by atoms with E-state index in [1.165, 1.54) is 10.4 Å². The summed E-state index contributed by atoms with van der Waals surface area (Å²) in [4.78, 5) is 24.6. The van der Waals surface area contributed by atoms with E-state index in [0.717, 1.165) is 19.3 Å². The van der Waals surface area contributed by atoms with Crippen molar-refractivity contribution in [3.8, 4) is 5.75 Å². The molecule has 0 radical (unpaired) electrons. The summed E-state index contributed by atoms with van der Waals surface area (Å²) in [6.07, 6.45) is 2.66. The van der Waals surface area contributed by atoms with Gasteiger partial charge in [-0.1, -0.05) is 30.2 Å². The number of hydrogen-bond acceptors (Lipinski definition) is 5. The first-order chi connectivity index (χ1) is 15.8. The lowest BCUT2D eigenvalue weighted by molar-refractivity contribution is -0.116. The standard InChI is InChI=1S/C23H28ClN3O5S/c1-2-32-20-11-10-17(16-21(20)33(30,31)27-14-6-3-7-15-27)26-22(28)12-13-25-23(29)18-8-4-5-9-19(18)24/h4-5,8-11,16H,2-3,6-7,12-15H2,1H3,(H,25,29)(H,26,28). The Kier molecular flexibility index (Phi) is 8.71. The number of hydrogen-bond donors (Lipinski definition) is 2. The average Bonchev–Trinajstić information content (AvgIpc) is 2.81. The Morgan fingerprint density at radius 3 is 2.52 bits per heavy atom. The fourth-order valence-corrected chi connectivity index (χ4v) is 5.46. The van der Waals surface area contributed by atoms with Crippen LogP contribution >= 0.6 is 11.6 Å². The zero-order valence-corrected chi connectivity index (χ0v) is 20.0. The molecule has 10 heteroatoms. The highest BCUT2D eigenvalue weighted by Crippen LogP contribution is 2.31. The summed E-state index contributed by atoms with van der Waals surface area (Å²) < 4.78 is 33.4. The Morgan fingerprint density at radius 1 is 1.09 bits per heavy atom. The molecule has 2 aromatic carbocycles. The Balaban J connectivity index is 1.65. The Morgan fingerprint density at radius 2 is 1.82 bits per heavy atom. The van der Waals surface area contributed by atoms with Gasteiger partial charge in [0.2, 0.25) is 15.9 Å². The second kappa shape index (κ2) is 11.5. The van der Waals surface area contributed by atoms with E-state index in [1.54, 1.807) is 43.3 Å². The molecule has 1 heterocycles. The fraction of sp³-hybridized carbons (Fsp3) is 0.391. The molecule has 1 aliphatic rings. The van der Waals surface area contributed by atoms with E-state index in [9.17, 15) is 18.0 Å². The molecule has 178 valence electrons. The number of carbonyl (C=O) groups excluding carboxylic acids is 2. The lowest BCUT2D eigenvalue weighted by Gasteiger charge is -2.27. The zero-order valence-electron chi connectivity index (χ0n) is 18.5. The number of nitrogens with one attached hydrogen (secondary N) is 2. The third kappa shape index (κ3) is 6.46. The highest BCUT2D eigenvalue weighted by atomic mass is 35.5. The highest BCUT2D eigenvalue weighted by Gasteiger charge is 2.29. The summed E-state index contributed by atoms with van der Waals surface area (Å²) in [5, 5.41) is 5.68. The van der Waals surface area contributed by atoms with Crippen LogP contribution in [0, 0.1) is 0 Å². The van der Waals surface area contributed by atoms with E-state index in [1.807, 2.05) is 0 Å². The Bertz CT molecular complexity index is 1100. The van der Waals surface area contributed by atoms with E-state index >= 15 is 0 Å². The van der Waals surface area contributed by atoms with Gasteiger partial charge in [-0.15, -0.1) is 0 Å². The number of nitrogens with zero attached hydrogens (tertiary/aromatic N) is 1. The molecule has 33 heavy (non-hydrogen) atoms. The molecule has 2 aromatic rings. The van der Waals surface area contributed by atoms with Crippen LogP contribution < -0.4 is 15.4 Å². The number of anilines is 1. The first kappa shape index (κ1) is 25.0. The van der Waals surface area contributed by atoms with Crippen LogP contribution in [0.15, 0.2) is 47.4 Å². The van der Waals surface area contributed by atoms with Crippen molar-refractivity contribution in [2.24, 2.45) is 0 Å². The zero-order chi connectivity index (χ0) is 23.8. The van der Waals surface area contributed by atoms with Gasteiger partial charge in [0.05, 0.1) is 17.2 Å². The quantitative estimate of drug-likeness (QED) is 0.554. The molecule has 0 atom stereocenters. The van der Waals surface area contributed by atoms with Gasteiger partial charge in [-0.2, -0.15) is 4.31 Å². The number of piperidine rings is 1. The molecule has 0 saturated carbocycles. The molecule has 2 amide bonds. The number of ether oxygens (including phenoxy) is 1. The summed E-state index contributed by atoms with van der Waals surface area (Å²) in [7, 11) is -3.75. The first-order valence-corrected chi connectivity index (χ1v) is 12.7. The maximum atomic E-state index is 13.2. The monoisotopic (exact) mass is 493 g/mol. The number of benzene rings is 2. The van der Waals surface area contributed by atoms with E-state index < -0.39 is 10.0 Å². The number of amides is 2. The van der Waals surface area contributed by atoms with Crippen LogP contribution in [0.25, 0.3) is 0 Å². The third-order valence-electron chi connectivity index (χ3n) is 5.22. The molecule has 0 aliphatic carbocycles. The number of sulfonamides is 1. The van der Waals surface area contributed by atoms with Gasteiger partial charge in [-0.3, -0.25) is 9.59 Å². The van der Waals surface area contributed by atoms with Crippen LogP contribution in [0.3, 0.4) is 0 Å². The van der Waals surface area contributed by atoms with Crippen LogP contribution in [0.5, 0.6) is 5.75 Å². The van der Waals surface area contributed by atoms with Gasteiger partial charge in [0.25, 0.3) is 5.91 Å². The van der Waals surface area contributed by atoms with Crippen molar-refractivity contribution in [2.45, 2.75) is 37.5 Å². The molecule has 0 unspecified atom stereocenters. The van der Waals surface area contributed by atoms with E-state index in [-0.39, 0.29) is 35.4 Å². The van der Waals surface area contributed by atoms with Crippen molar-refractivity contribution >= 4 is 39.1 Å². The molecule has 1 saturated heterocycles. The Labute approximate surface area is 199 Å². The molecule has 2 N–H and O–H groups in total. The van der Waals surface area contributed by atoms with Crippen molar-refractivity contribution in [1.29, 1.82) is 0 Å². The van der Waals surface area contributed by atoms with Gasteiger partial charge in [-0.05, 0) is 50.1 Å². The minimum absolute atomic E-state index is 0.0115. The number of carbonyl (C=O) groups is 2. The van der Waals surface area contributed by atoms with Crippen molar-refractivity contribution in [3.63, 3.8) is 0 Å². The predicted octanol–water partition coefficient (Wildman–Crippen LogP) is 3.67. The number of halogens is 1. The van der Waals surface area contributed by atoms with Crippen molar-refractivity contribution in [2.75, 3.05) is 31.6 Å². The van der Waals surface area contributed by atoms with Gasteiger partial charge < -0.3 is 15.4 Å². The molecule has 3 rings (SSSR count). The Hall–Kier alpha value is -2.62. The smallest absolute Gasteiger partial charge is 0.252 e. The molecule has 0 spiro atoms. The fourth-order valence-electron chi connectivity index (χ4n) is 3.56. The van der Waals surface area contributed by atoms with E-state index in [0.29, 0.717) is 36.0 Å². The largest absolute Gasteiger partial charge is 0.492 e. The highest BCUT2D eigenvalue weighted by molar-refractivity contribution is 7.89.